The number of anilines is 1. The van der Waals surface area contributed by atoms with Gasteiger partial charge in [-0.15, -0.1) is 0 Å². The highest BCUT2D eigenvalue weighted by molar-refractivity contribution is 5.77. The Bertz CT molecular complexity index is 841. The number of aldehydes is 1. The minimum atomic E-state index is -4.62. The molecule has 6 nitrogen and oxygen atoms in total. The Morgan fingerprint density at radius 2 is 1.97 bits per heavy atom. The molecule has 33 heavy (non-hydrogen) atoms. The van der Waals surface area contributed by atoms with Gasteiger partial charge in [0.1, 0.15) is 18.7 Å². The quantitative estimate of drug-likeness (QED) is 0.197. The van der Waals surface area contributed by atoms with Crippen molar-refractivity contribution in [3.63, 3.8) is 0 Å². The van der Waals surface area contributed by atoms with Crippen LogP contribution in [0.1, 0.15) is 35.7 Å². The first-order chi connectivity index (χ1) is 15.6. The SMILES string of the molecule is C/C=C\C(CNc1ccc(C=O)cc1C(F)(F)F)=C(/CF)OC.CNCC1CC(C(=O)O)C1. The lowest BCUT2D eigenvalue weighted by molar-refractivity contribution is -0.146. The molecule has 1 fully saturated rings. The maximum Gasteiger partial charge on any atom is 0.418 e. The summed E-state index contributed by atoms with van der Waals surface area (Å²) in [6.45, 7) is 1.74. The van der Waals surface area contributed by atoms with Gasteiger partial charge < -0.3 is 20.5 Å². The number of hydrogen-bond donors (Lipinski definition) is 3. The van der Waals surface area contributed by atoms with Crippen molar-refractivity contribution in [3.8, 4) is 0 Å². The average Bonchev–Trinajstić information content (AvgIpc) is 2.74. The second-order valence-electron chi connectivity index (χ2n) is 7.49. The van der Waals surface area contributed by atoms with Gasteiger partial charge in [-0.2, -0.15) is 13.2 Å². The Morgan fingerprint density at radius 1 is 1.30 bits per heavy atom. The van der Waals surface area contributed by atoms with Crippen LogP contribution in [0, 0.1) is 11.8 Å². The summed E-state index contributed by atoms with van der Waals surface area (Å²) < 4.78 is 56.9. The average molecular weight is 474 g/mol. The van der Waals surface area contributed by atoms with E-state index in [-0.39, 0.29) is 29.5 Å². The van der Waals surface area contributed by atoms with Gasteiger partial charge in [0.2, 0.25) is 0 Å². The third-order valence-electron chi connectivity index (χ3n) is 5.13. The molecule has 1 aliphatic rings. The molecule has 1 aromatic rings. The summed E-state index contributed by atoms with van der Waals surface area (Å²) in [5.41, 5.74) is -0.834. The fraction of sp³-hybridized carbons (Fsp3) is 0.478. The van der Waals surface area contributed by atoms with Crippen LogP contribution < -0.4 is 10.6 Å². The number of methoxy groups -OCH3 is 1. The van der Waals surface area contributed by atoms with Crippen molar-refractivity contribution in [1.82, 2.24) is 5.32 Å². The van der Waals surface area contributed by atoms with E-state index in [0.717, 1.165) is 25.5 Å². The second kappa shape index (κ2) is 13.6. The summed E-state index contributed by atoms with van der Waals surface area (Å²) in [6.07, 6.45) is 0.628. The molecule has 0 aromatic heterocycles. The van der Waals surface area contributed by atoms with Crippen LogP contribution in [-0.2, 0) is 15.7 Å². The Labute approximate surface area is 190 Å². The molecule has 0 amide bonds. The van der Waals surface area contributed by atoms with Crippen LogP contribution in [0.2, 0.25) is 0 Å². The molecule has 0 unspecified atom stereocenters. The molecule has 1 saturated carbocycles. The van der Waals surface area contributed by atoms with E-state index in [4.69, 9.17) is 9.84 Å². The predicted molar refractivity (Wildman–Crippen MR) is 118 cm³/mol. The molecule has 0 atom stereocenters. The number of ether oxygens (including phenoxy) is 1. The van der Waals surface area contributed by atoms with Gasteiger partial charge in [-0.1, -0.05) is 12.2 Å². The predicted octanol–water partition coefficient (Wildman–Crippen LogP) is 4.69. The summed E-state index contributed by atoms with van der Waals surface area (Å²) in [5, 5.41) is 14.1. The molecule has 0 saturated heterocycles. The first kappa shape index (κ1) is 28.2. The summed E-state index contributed by atoms with van der Waals surface area (Å²) >= 11 is 0. The van der Waals surface area contributed by atoms with Crippen molar-refractivity contribution in [2.45, 2.75) is 25.9 Å². The molecule has 0 radical (unpaired) electrons. The van der Waals surface area contributed by atoms with E-state index >= 15 is 0 Å². The molecule has 2 rings (SSSR count). The first-order valence-electron chi connectivity index (χ1n) is 10.3. The van der Waals surface area contributed by atoms with Gasteiger partial charge >= 0.3 is 12.1 Å². The van der Waals surface area contributed by atoms with Gasteiger partial charge in [-0.3, -0.25) is 9.59 Å². The number of rotatable bonds is 10. The number of carboxylic acids is 1. The summed E-state index contributed by atoms with van der Waals surface area (Å²) in [5.74, 6) is -0.0505. The highest BCUT2D eigenvalue weighted by Gasteiger charge is 2.34. The highest BCUT2D eigenvalue weighted by atomic mass is 19.4. The smallest absolute Gasteiger partial charge is 0.418 e. The number of carbonyl (C=O) groups is 2. The van der Waals surface area contributed by atoms with Gasteiger partial charge in [0, 0.05) is 23.4 Å². The van der Waals surface area contributed by atoms with E-state index in [1.165, 1.54) is 19.2 Å². The number of alkyl halides is 4. The fourth-order valence-electron chi connectivity index (χ4n) is 3.33. The van der Waals surface area contributed by atoms with Gasteiger partial charge in [-0.25, -0.2) is 4.39 Å². The molecule has 0 spiro atoms. The zero-order chi connectivity index (χ0) is 25.0. The molecular formula is C23H30F4N2O4. The largest absolute Gasteiger partial charge is 0.498 e. The Kier molecular flexibility index (Phi) is 11.6. The molecule has 3 N–H and O–H groups in total. The van der Waals surface area contributed by atoms with Crippen LogP contribution in [0.5, 0.6) is 0 Å². The number of allylic oxidation sites excluding steroid dienone is 2. The number of hydrogen-bond acceptors (Lipinski definition) is 5. The van der Waals surface area contributed by atoms with Gasteiger partial charge in [0.15, 0.2) is 0 Å². The minimum Gasteiger partial charge on any atom is -0.498 e. The standard InChI is InChI=1S/C16H17F4NO2.C7H13NO2/c1-3-4-12(15(8-17)23-2)9-21-14-6-5-11(10-22)7-13(14)16(18,19)20;1-8-4-5-2-6(3-5)7(9)10/h3-7,10,21H,8-9H2,1-2H3;5-6,8H,2-4H2,1H3,(H,9,10)/b4-3-,15-12-;. The van der Waals surface area contributed by atoms with E-state index in [1.54, 1.807) is 19.1 Å². The number of aliphatic carboxylic acids is 1. The highest BCUT2D eigenvalue weighted by Crippen LogP contribution is 2.35. The molecular weight excluding hydrogens is 444 g/mol. The van der Waals surface area contributed by atoms with E-state index in [9.17, 15) is 27.2 Å². The number of nitrogens with one attached hydrogen (secondary N) is 2. The minimum absolute atomic E-state index is 0.0358. The maximum atomic E-state index is 13.1. The lowest BCUT2D eigenvalue weighted by atomic mass is 9.75. The van der Waals surface area contributed by atoms with Crippen LogP contribution in [0.15, 0.2) is 41.7 Å². The third kappa shape index (κ3) is 8.88. The normalized spacial score (nSPS) is 18.5. The number of halogens is 4. The van der Waals surface area contributed by atoms with Crippen molar-refractivity contribution in [2.24, 2.45) is 11.8 Å². The Balaban J connectivity index is 0.000000451. The van der Waals surface area contributed by atoms with E-state index < -0.39 is 24.4 Å². The summed E-state index contributed by atoms with van der Waals surface area (Å²) in [7, 11) is 3.19. The van der Waals surface area contributed by atoms with Crippen molar-refractivity contribution in [1.29, 1.82) is 0 Å². The monoisotopic (exact) mass is 474 g/mol. The van der Waals surface area contributed by atoms with Gasteiger partial charge in [-0.05, 0) is 57.5 Å². The zero-order valence-corrected chi connectivity index (χ0v) is 18.8. The number of carbonyl (C=O) groups excluding carboxylic acids is 1. The van der Waals surface area contributed by atoms with Crippen molar-refractivity contribution >= 4 is 17.9 Å². The lowest BCUT2D eigenvalue weighted by Gasteiger charge is -2.31. The topological polar surface area (TPSA) is 87.7 Å². The van der Waals surface area contributed by atoms with Crippen LogP contribution in [0.4, 0.5) is 23.2 Å². The molecule has 1 aromatic carbocycles. The van der Waals surface area contributed by atoms with E-state index in [0.29, 0.717) is 17.8 Å². The van der Waals surface area contributed by atoms with Crippen molar-refractivity contribution < 1.29 is 37.0 Å². The fourth-order valence-corrected chi connectivity index (χ4v) is 3.33. The van der Waals surface area contributed by atoms with Crippen LogP contribution >= 0.6 is 0 Å². The Morgan fingerprint density at radius 3 is 2.42 bits per heavy atom. The van der Waals surface area contributed by atoms with Crippen LogP contribution in [-0.4, -0.2) is 51.3 Å². The van der Waals surface area contributed by atoms with Gasteiger partial charge in [0.25, 0.3) is 0 Å². The summed E-state index contributed by atoms with van der Waals surface area (Å²) in [6, 6.07) is 3.21. The van der Waals surface area contributed by atoms with Gasteiger partial charge in [0.05, 0.1) is 18.6 Å². The molecule has 0 bridgehead atoms. The molecule has 10 heteroatoms. The first-order valence-corrected chi connectivity index (χ1v) is 10.3. The van der Waals surface area contributed by atoms with E-state index in [2.05, 4.69) is 10.6 Å². The van der Waals surface area contributed by atoms with Crippen molar-refractivity contribution in [3.05, 3.63) is 52.8 Å². The zero-order valence-electron chi connectivity index (χ0n) is 18.8. The van der Waals surface area contributed by atoms with Crippen LogP contribution in [0.3, 0.4) is 0 Å². The second-order valence-corrected chi connectivity index (χ2v) is 7.49. The maximum absolute atomic E-state index is 13.1. The van der Waals surface area contributed by atoms with Crippen molar-refractivity contribution in [2.75, 3.05) is 39.2 Å². The van der Waals surface area contributed by atoms with Crippen LogP contribution in [0.25, 0.3) is 0 Å². The van der Waals surface area contributed by atoms with E-state index in [1.807, 2.05) is 7.05 Å². The Hall–Kier alpha value is -2.88. The number of benzene rings is 1. The number of carboxylic acid groups (broad SMARTS) is 1. The molecule has 184 valence electrons. The third-order valence-corrected chi connectivity index (χ3v) is 5.13. The molecule has 0 aliphatic heterocycles. The summed E-state index contributed by atoms with van der Waals surface area (Å²) in [4.78, 5) is 21.0. The molecule has 1 aliphatic carbocycles. The lowest BCUT2D eigenvalue weighted by Crippen LogP contribution is -2.35. The molecule has 0 heterocycles.